The highest BCUT2D eigenvalue weighted by Crippen LogP contribution is 2.26. The molecular formula is C17H27BrN2O. The fourth-order valence-electron chi connectivity index (χ4n) is 3.01. The van der Waals surface area contributed by atoms with Gasteiger partial charge in [-0.15, -0.1) is 0 Å². The summed E-state index contributed by atoms with van der Waals surface area (Å²) in [6.45, 7) is 5.25. The summed E-state index contributed by atoms with van der Waals surface area (Å²) in [6.07, 6.45) is 5.02. The Balaban J connectivity index is 1.95. The molecule has 1 unspecified atom stereocenters. The Morgan fingerprint density at radius 3 is 2.76 bits per heavy atom. The Labute approximate surface area is 136 Å². The Kier molecular flexibility index (Phi) is 7.17. The smallest absolute Gasteiger partial charge is 0.0558 e. The lowest BCUT2D eigenvalue weighted by atomic mass is 9.91. The molecule has 1 atom stereocenters. The van der Waals surface area contributed by atoms with Crippen molar-refractivity contribution < 1.29 is 5.11 Å². The minimum absolute atomic E-state index is 0.263. The Morgan fingerprint density at radius 1 is 1.38 bits per heavy atom. The summed E-state index contributed by atoms with van der Waals surface area (Å²) in [5, 5.41) is 12.9. The molecule has 1 fully saturated rings. The Morgan fingerprint density at radius 2 is 2.19 bits per heavy atom. The minimum atomic E-state index is 0.263. The average molecular weight is 355 g/mol. The number of aliphatic hydroxyl groups is 1. The van der Waals surface area contributed by atoms with Gasteiger partial charge in [0.2, 0.25) is 0 Å². The lowest BCUT2D eigenvalue weighted by Crippen LogP contribution is -2.43. The standard InChI is InChI=1S/C17H27BrN2O/c1-2-19-17(14-5-3-6-15(18)13-14)9-10-20(11-12-21)16-7-4-8-16/h3,5-6,13,16-17,19,21H,2,4,7-12H2,1H3. The number of halogens is 1. The first-order chi connectivity index (χ1) is 10.2. The van der Waals surface area contributed by atoms with Crippen LogP contribution in [0.1, 0.15) is 44.2 Å². The number of hydrogen-bond acceptors (Lipinski definition) is 3. The number of hydrogen-bond donors (Lipinski definition) is 2. The van der Waals surface area contributed by atoms with Crippen molar-refractivity contribution in [1.82, 2.24) is 10.2 Å². The van der Waals surface area contributed by atoms with Gasteiger partial charge >= 0.3 is 0 Å². The molecule has 2 rings (SSSR count). The molecule has 4 heteroatoms. The number of nitrogens with one attached hydrogen (secondary N) is 1. The molecule has 0 radical (unpaired) electrons. The van der Waals surface area contributed by atoms with Crippen molar-refractivity contribution in [3.8, 4) is 0 Å². The summed E-state index contributed by atoms with van der Waals surface area (Å²) >= 11 is 3.56. The topological polar surface area (TPSA) is 35.5 Å². The quantitative estimate of drug-likeness (QED) is 0.713. The maximum absolute atomic E-state index is 9.26. The molecule has 1 aliphatic rings. The second-order valence-electron chi connectivity index (χ2n) is 5.80. The molecule has 3 nitrogen and oxygen atoms in total. The third kappa shape index (κ3) is 5.06. The van der Waals surface area contributed by atoms with E-state index in [1.165, 1.54) is 24.8 Å². The first kappa shape index (κ1) is 16.9. The molecule has 118 valence electrons. The van der Waals surface area contributed by atoms with Gasteiger partial charge in [-0.25, -0.2) is 0 Å². The van der Waals surface area contributed by atoms with Gasteiger partial charge in [-0.05, 0) is 43.5 Å². The van der Waals surface area contributed by atoms with E-state index in [1.807, 2.05) is 0 Å². The zero-order valence-corrected chi connectivity index (χ0v) is 14.5. The van der Waals surface area contributed by atoms with Crippen LogP contribution in [0.2, 0.25) is 0 Å². The van der Waals surface area contributed by atoms with Gasteiger partial charge in [0.25, 0.3) is 0 Å². The second kappa shape index (κ2) is 8.89. The number of benzene rings is 1. The van der Waals surface area contributed by atoms with Crippen LogP contribution in [0, 0.1) is 0 Å². The van der Waals surface area contributed by atoms with Crippen LogP contribution in [-0.4, -0.2) is 42.3 Å². The summed E-state index contributed by atoms with van der Waals surface area (Å²) in [4.78, 5) is 2.46. The molecule has 1 aromatic rings. The van der Waals surface area contributed by atoms with Gasteiger partial charge in [0.05, 0.1) is 6.61 Å². The van der Waals surface area contributed by atoms with Crippen LogP contribution in [0.4, 0.5) is 0 Å². The zero-order chi connectivity index (χ0) is 15.1. The fraction of sp³-hybridized carbons (Fsp3) is 0.647. The molecule has 21 heavy (non-hydrogen) atoms. The summed E-state index contributed by atoms with van der Waals surface area (Å²) in [7, 11) is 0. The lowest BCUT2D eigenvalue weighted by molar-refractivity contribution is 0.0969. The van der Waals surface area contributed by atoms with E-state index in [0.717, 1.165) is 30.5 Å². The highest BCUT2D eigenvalue weighted by molar-refractivity contribution is 9.10. The molecule has 2 N–H and O–H groups in total. The third-order valence-corrected chi connectivity index (χ3v) is 4.88. The molecule has 0 spiro atoms. The maximum atomic E-state index is 9.26. The number of nitrogens with zero attached hydrogens (tertiary/aromatic N) is 1. The van der Waals surface area contributed by atoms with Crippen LogP contribution in [0.15, 0.2) is 28.7 Å². The summed E-state index contributed by atoms with van der Waals surface area (Å²) in [6, 6.07) is 9.64. The fourth-order valence-corrected chi connectivity index (χ4v) is 3.43. The van der Waals surface area contributed by atoms with E-state index < -0.39 is 0 Å². The van der Waals surface area contributed by atoms with E-state index in [9.17, 15) is 5.11 Å². The van der Waals surface area contributed by atoms with Gasteiger partial charge in [-0.3, -0.25) is 4.90 Å². The zero-order valence-electron chi connectivity index (χ0n) is 12.9. The van der Waals surface area contributed by atoms with Gasteiger partial charge in [-0.1, -0.05) is 41.4 Å². The minimum Gasteiger partial charge on any atom is -0.395 e. The van der Waals surface area contributed by atoms with E-state index in [1.54, 1.807) is 0 Å². The molecule has 1 saturated carbocycles. The predicted molar refractivity (Wildman–Crippen MR) is 91.5 cm³/mol. The second-order valence-corrected chi connectivity index (χ2v) is 6.71. The van der Waals surface area contributed by atoms with E-state index in [0.29, 0.717) is 12.1 Å². The van der Waals surface area contributed by atoms with E-state index >= 15 is 0 Å². The van der Waals surface area contributed by atoms with Crippen molar-refractivity contribution in [2.45, 2.75) is 44.7 Å². The molecule has 0 heterocycles. The van der Waals surface area contributed by atoms with Crippen molar-refractivity contribution in [2.75, 3.05) is 26.2 Å². The molecule has 0 aliphatic heterocycles. The van der Waals surface area contributed by atoms with Crippen LogP contribution in [-0.2, 0) is 0 Å². The molecule has 1 aromatic carbocycles. The van der Waals surface area contributed by atoms with Crippen LogP contribution in [0.3, 0.4) is 0 Å². The largest absolute Gasteiger partial charge is 0.395 e. The van der Waals surface area contributed by atoms with Gasteiger partial charge in [0, 0.05) is 29.6 Å². The molecular weight excluding hydrogens is 328 g/mol. The van der Waals surface area contributed by atoms with Gasteiger partial charge in [-0.2, -0.15) is 0 Å². The summed E-state index contributed by atoms with van der Waals surface area (Å²) < 4.78 is 1.13. The molecule has 0 bridgehead atoms. The monoisotopic (exact) mass is 354 g/mol. The maximum Gasteiger partial charge on any atom is 0.0558 e. The third-order valence-electron chi connectivity index (χ3n) is 4.38. The van der Waals surface area contributed by atoms with Crippen molar-refractivity contribution in [3.05, 3.63) is 34.3 Å². The summed E-state index contributed by atoms with van der Waals surface area (Å²) in [5.74, 6) is 0. The Bertz CT molecular complexity index is 423. The predicted octanol–water partition coefficient (Wildman–Crippen LogP) is 3.34. The van der Waals surface area contributed by atoms with E-state index in [-0.39, 0.29) is 6.61 Å². The van der Waals surface area contributed by atoms with Crippen LogP contribution >= 0.6 is 15.9 Å². The molecule has 0 saturated heterocycles. The van der Waals surface area contributed by atoms with Gasteiger partial charge in [0.1, 0.15) is 0 Å². The normalized spacial score (nSPS) is 17.0. The Hall–Kier alpha value is -0.420. The van der Waals surface area contributed by atoms with Crippen LogP contribution in [0.25, 0.3) is 0 Å². The summed E-state index contributed by atoms with van der Waals surface area (Å²) in [5.41, 5.74) is 1.34. The number of rotatable bonds is 9. The van der Waals surface area contributed by atoms with Crippen molar-refractivity contribution in [1.29, 1.82) is 0 Å². The highest BCUT2D eigenvalue weighted by Gasteiger charge is 2.25. The molecule has 1 aliphatic carbocycles. The van der Waals surface area contributed by atoms with E-state index in [4.69, 9.17) is 0 Å². The first-order valence-corrected chi connectivity index (χ1v) is 8.87. The number of aliphatic hydroxyl groups excluding tert-OH is 1. The molecule has 0 aromatic heterocycles. The first-order valence-electron chi connectivity index (χ1n) is 8.08. The van der Waals surface area contributed by atoms with Crippen molar-refractivity contribution in [2.24, 2.45) is 0 Å². The molecule has 0 amide bonds. The van der Waals surface area contributed by atoms with Crippen molar-refractivity contribution in [3.63, 3.8) is 0 Å². The van der Waals surface area contributed by atoms with Crippen LogP contribution < -0.4 is 5.32 Å². The van der Waals surface area contributed by atoms with E-state index in [2.05, 4.69) is 57.3 Å². The average Bonchev–Trinajstić information content (AvgIpc) is 2.41. The highest BCUT2D eigenvalue weighted by atomic mass is 79.9. The van der Waals surface area contributed by atoms with Crippen molar-refractivity contribution >= 4 is 15.9 Å². The SMILES string of the molecule is CCNC(CCN(CCO)C1CCC1)c1cccc(Br)c1. The lowest BCUT2D eigenvalue weighted by Gasteiger charge is -2.38. The van der Waals surface area contributed by atoms with Gasteiger partial charge in [0.15, 0.2) is 0 Å². The van der Waals surface area contributed by atoms with Crippen LogP contribution in [0.5, 0.6) is 0 Å². The van der Waals surface area contributed by atoms with Gasteiger partial charge < -0.3 is 10.4 Å².